The average molecular weight is 376 g/mol. The van der Waals surface area contributed by atoms with E-state index >= 15 is 0 Å². The van der Waals surface area contributed by atoms with Crippen LogP contribution in [-0.2, 0) is 10.0 Å². The summed E-state index contributed by atoms with van der Waals surface area (Å²) < 4.78 is 30.8. The van der Waals surface area contributed by atoms with Gasteiger partial charge in [-0.15, -0.1) is 0 Å². The Hall–Kier alpha value is -2.38. The Morgan fingerprint density at radius 2 is 1.81 bits per heavy atom. The van der Waals surface area contributed by atoms with Crippen molar-refractivity contribution in [2.45, 2.75) is 24.8 Å². The first-order valence-electron chi connectivity index (χ1n) is 8.32. The highest BCUT2D eigenvalue weighted by Gasteiger charge is 2.18. The molecule has 0 aliphatic carbocycles. The molecular formula is C19H24N2O4S. The van der Waals surface area contributed by atoms with E-state index < -0.39 is 10.0 Å². The maximum absolute atomic E-state index is 12.4. The molecule has 0 fully saturated rings. The van der Waals surface area contributed by atoms with Gasteiger partial charge in [0.25, 0.3) is 5.91 Å². The van der Waals surface area contributed by atoms with Crippen LogP contribution in [0.2, 0.25) is 0 Å². The molecule has 2 aromatic carbocycles. The average Bonchev–Trinajstić information content (AvgIpc) is 2.62. The van der Waals surface area contributed by atoms with E-state index in [0.29, 0.717) is 12.2 Å². The first-order valence-corrected chi connectivity index (χ1v) is 9.76. The van der Waals surface area contributed by atoms with Crippen molar-refractivity contribution in [3.05, 3.63) is 59.7 Å². The molecule has 0 spiro atoms. The molecule has 140 valence electrons. The van der Waals surface area contributed by atoms with Crippen LogP contribution >= 0.6 is 0 Å². The van der Waals surface area contributed by atoms with E-state index in [1.807, 2.05) is 38.1 Å². The zero-order valence-electron chi connectivity index (χ0n) is 15.4. The Morgan fingerprint density at radius 1 is 1.15 bits per heavy atom. The topological polar surface area (TPSA) is 75.7 Å². The van der Waals surface area contributed by atoms with Gasteiger partial charge >= 0.3 is 0 Å². The van der Waals surface area contributed by atoms with E-state index in [4.69, 9.17) is 4.74 Å². The number of carbonyl (C=O) groups is 1. The predicted molar refractivity (Wildman–Crippen MR) is 101 cm³/mol. The highest BCUT2D eigenvalue weighted by molar-refractivity contribution is 7.89. The SMILES string of the molecule is CCOc1cccc(C(C)NC(=O)c2ccc(S(=O)(=O)N(C)C)cc2)c1. The van der Waals surface area contributed by atoms with Gasteiger partial charge in [0, 0.05) is 19.7 Å². The van der Waals surface area contributed by atoms with E-state index in [9.17, 15) is 13.2 Å². The normalized spacial score (nSPS) is 12.7. The third-order valence-electron chi connectivity index (χ3n) is 3.91. The third kappa shape index (κ3) is 4.62. The van der Waals surface area contributed by atoms with Gasteiger partial charge in [0.1, 0.15) is 5.75 Å². The maximum Gasteiger partial charge on any atom is 0.251 e. The molecule has 1 N–H and O–H groups in total. The second-order valence-electron chi connectivity index (χ2n) is 6.01. The number of sulfonamides is 1. The lowest BCUT2D eigenvalue weighted by Crippen LogP contribution is -2.27. The quantitative estimate of drug-likeness (QED) is 0.806. The highest BCUT2D eigenvalue weighted by atomic mass is 32.2. The number of amides is 1. The number of nitrogens with zero attached hydrogens (tertiary/aromatic N) is 1. The number of hydrogen-bond acceptors (Lipinski definition) is 4. The summed E-state index contributed by atoms with van der Waals surface area (Å²) in [5.74, 6) is 0.484. The highest BCUT2D eigenvalue weighted by Crippen LogP contribution is 2.20. The van der Waals surface area contributed by atoms with Gasteiger partial charge in [-0.2, -0.15) is 0 Å². The molecule has 1 atom stereocenters. The van der Waals surface area contributed by atoms with Gasteiger partial charge in [0.15, 0.2) is 0 Å². The molecule has 0 aromatic heterocycles. The third-order valence-corrected chi connectivity index (χ3v) is 5.74. The van der Waals surface area contributed by atoms with Gasteiger partial charge in [-0.3, -0.25) is 4.79 Å². The van der Waals surface area contributed by atoms with Crippen molar-refractivity contribution in [1.82, 2.24) is 9.62 Å². The maximum atomic E-state index is 12.4. The molecule has 0 radical (unpaired) electrons. The monoisotopic (exact) mass is 376 g/mol. The molecule has 0 aliphatic heterocycles. The largest absolute Gasteiger partial charge is 0.494 e. The van der Waals surface area contributed by atoms with Crippen molar-refractivity contribution in [1.29, 1.82) is 0 Å². The van der Waals surface area contributed by atoms with E-state index in [-0.39, 0.29) is 16.8 Å². The summed E-state index contributed by atoms with van der Waals surface area (Å²) in [4.78, 5) is 12.6. The van der Waals surface area contributed by atoms with E-state index in [1.54, 1.807) is 0 Å². The van der Waals surface area contributed by atoms with Gasteiger partial charge < -0.3 is 10.1 Å². The van der Waals surface area contributed by atoms with Gasteiger partial charge in [0.2, 0.25) is 10.0 Å². The Kier molecular flexibility index (Phi) is 6.39. The molecule has 6 nitrogen and oxygen atoms in total. The number of ether oxygens (including phenoxy) is 1. The van der Waals surface area contributed by atoms with Crippen molar-refractivity contribution in [2.24, 2.45) is 0 Å². The first kappa shape index (κ1) is 19.9. The number of carbonyl (C=O) groups excluding carboxylic acids is 1. The van der Waals surface area contributed by atoms with E-state index in [1.165, 1.54) is 38.4 Å². The van der Waals surface area contributed by atoms with E-state index in [0.717, 1.165) is 15.6 Å². The molecule has 0 saturated heterocycles. The molecule has 1 amide bonds. The van der Waals surface area contributed by atoms with Crippen molar-refractivity contribution >= 4 is 15.9 Å². The van der Waals surface area contributed by atoms with Gasteiger partial charge in [-0.05, 0) is 55.8 Å². The fourth-order valence-corrected chi connectivity index (χ4v) is 3.29. The summed E-state index contributed by atoms with van der Waals surface area (Å²) in [6.45, 7) is 4.37. The van der Waals surface area contributed by atoms with Gasteiger partial charge in [0.05, 0.1) is 17.5 Å². The minimum Gasteiger partial charge on any atom is -0.494 e. The second-order valence-corrected chi connectivity index (χ2v) is 8.16. The Bertz CT molecular complexity index is 861. The molecule has 0 bridgehead atoms. The zero-order chi connectivity index (χ0) is 19.3. The van der Waals surface area contributed by atoms with Crippen LogP contribution < -0.4 is 10.1 Å². The van der Waals surface area contributed by atoms with Crippen LogP contribution in [-0.4, -0.2) is 39.3 Å². The predicted octanol–water partition coefficient (Wildman–Crippen LogP) is 2.83. The molecular weight excluding hydrogens is 352 g/mol. The Labute approximate surface area is 154 Å². The summed E-state index contributed by atoms with van der Waals surface area (Å²) in [6, 6.07) is 13.2. The van der Waals surface area contributed by atoms with Crippen molar-refractivity contribution in [3.63, 3.8) is 0 Å². The van der Waals surface area contributed by atoms with Crippen LogP contribution in [0.25, 0.3) is 0 Å². The summed E-state index contributed by atoms with van der Waals surface area (Å²) in [7, 11) is -0.575. The molecule has 2 aromatic rings. The first-order chi connectivity index (χ1) is 12.3. The molecule has 7 heteroatoms. The van der Waals surface area contributed by atoms with Crippen molar-refractivity contribution in [3.8, 4) is 5.75 Å². The van der Waals surface area contributed by atoms with Crippen LogP contribution in [0.15, 0.2) is 53.4 Å². The summed E-state index contributed by atoms with van der Waals surface area (Å²) >= 11 is 0. The summed E-state index contributed by atoms with van der Waals surface area (Å²) in [5, 5.41) is 2.91. The summed E-state index contributed by atoms with van der Waals surface area (Å²) in [6.07, 6.45) is 0. The van der Waals surface area contributed by atoms with Crippen LogP contribution in [0.1, 0.15) is 35.8 Å². The summed E-state index contributed by atoms with van der Waals surface area (Å²) in [5.41, 5.74) is 1.33. The lowest BCUT2D eigenvalue weighted by atomic mass is 10.1. The molecule has 0 saturated carbocycles. The number of hydrogen-bond donors (Lipinski definition) is 1. The van der Waals surface area contributed by atoms with E-state index in [2.05, 4.69) is 5.32 Å². The number of rotatable bonds is 7. The molecule has 0 heterocycles. The molecule has 1 unspecified atom stereocenters. The lowest BCUT2D eigenvalue weighted by Gasteiger charge is -2.16. The number of nitrogens with one attached hydrogen (secondary N) is 1. The van der Waals surface area contributed by atoms with Crippen LogP contribution in [0, 0.1) is 0 Å². The Morgan fingerprint density at radius 3 is 2.38 bits per heavy atom. The fourth-order valence-electron chi connectivity index (χ4n) is 2.39. The zero-order valence-corrected chi connectivity index (χ0v) is 16.2. The number of benzene rings is 2. The molecule has 2 rings (SSSR count). The van der Waals surface area contributed by atoms with Crippen LogP contribution in [0.4, 0.5) is 0 Å². The van der Waals surface area contributed by atoms with Crippen molar-refractivity contribution in [2.75, 3.05) is 20.7 Å². The molecule has 26 heavy (non-hydrogen) atoms. The minimum atomic E-state index is -3.51. The van der Waals surface area contributed by atoms with Gasteiger partial charge in [-0.1, -0.05) is 12.1 Å². The fraction of sp³-hybridized carbons (Fsp3) is 0.316. The smallest absolute Gasteiger partial charge is 0.251 e. The van der Waals surface area contributed by atoms with Crippen LogP contribution in [0.5, 0.6) is 5.75 Å². The van der Waals surface area contributed by atoms with Crippen molar-refractivity contribution < 1.29 is 17.9 Å². The second kappa shape index (κ2) is 8.33. The minimum absolute atomic E-state index is 0.150. The molecule has 0 aliphatic rings. The van der Waals surface area contributed by atoms with Crippen LogP contribution in [0.3, 0.4) is 0 Å². The Balaban J connectivity index is 2.11. The lowest BCUT2D eigenvalue weighted by molar-refractivity contribution is 0.0939. The van der Waals surface area contributed by atoms with Gasteiger partial charge in [-0.25, -0.2) is 12.7 Å². The standard InChI is InChI=1S/C19H24N2O4S/c1-5-25-17-8-6-7-16(13-17)14(2)20-19(22)15-9-11-18(12-10-15)26(23,24)21(3)4/h6-14H,5H2,1-4H3,(H,20,22).